The van der Waals surface area contributed by atoms with E-state index in [-0.39, 0.29) is 17.8 Å². The number of halogens is 1. The predicted molar refractivity (Wildman–Crippen MR) is 119 cm³/mol. The summed E-state index contributed by atoms with van der Waals surface area (Å²) in [6, 6.07) is 10.6. The van der Waals surface area contributed by atoms with Crippen molar-refractivity contribution in [3.8, 4) is 17.2 Å². The molecule has 4 rings (SSSR count). The third kappa shape index (κ3) is 4.67. The van der Waals surface area contributed by atoms with Crippen LogP contribution in [0.5, 0.6) is 17.2 Å². The average Bonchev–Trinajstić information content (AvgIpc) is 3.12. The Balaban J connectivity index is 1.53. The highest BCUT2D eigenvalue weighted by atomic mass is 19.1. The first-order valence-electron chi connectivity index (χ1n) is 11.1. The summed E-state index contributed by atoms with van der Waals surface area (Å²) < 4.78 is 30.1. The zero-order valence-corrected chi connectivity index (χ0v) is 19.0. The number of hydrogen-bond acceptors (Lipinski definition) is 5. The standard InChI is InChI=1S/C25H31FN2O4/c1-30-22-11-18(12-23(31-2)25(22)32-3)13-27-15-19-7-5-9-24(29)28(21(19)16-27)14-17-6-4-8-20(26)10-17/h4,6,8,10-12,19,21H,5,7,9,13-16H2,1-3H3/t19-,21+/m1/s1. The molecule has 0 aliphatic carbocycles. The van der Waals surface area contributed by atoms with Crippen molar-refractivity contribution in [1.82, 2.24) is 9.80 Å². The first-order valence-corrected chi connectivity index (χ1v) is 11.1. The summed E-state index contributed by atoms with van der Waals surface area (Å²) >= 11 is 0. The Hall–Kier alpha value is -2.80. The van der Waals surface area contributed by atoms with E-state index in [2.05, 4.69) is 4.90 Å². The summed E-state index contributed by atoms with van der Waals surface area (Å²) in [5.74, 6) is 2.17. The maximum absolute atomic E-state index is 13.7. The Morgan fingerprint density at radius 1 is 0.969 bits per heavy atom. The van der Waals surface area contributed by atoms with Crippen molar-refractivity contribution in [2.24, 2.45) is 5.92 Å². The number of carbonyl (C=O) groups excluding carboxylic acids is 1. The van der Waals surface area contributed by atoms with Gasteiger partial charge in [0, 0.05) is 38.6 Å². The van der Waals surface area contributed by atoms with Crippen LogP contribution in [0.1, 0.15) is 30.4 Å². The summed E-state index contributed by atoms with van der Waals surface area (Å²) in [4.78, 5) is 17.3. The van der Waals surface area contributed by atoms with Gasteiger partial charge >= 0.3 is 0 Å². The molecule has 2 aliphatic heterocycles. The number of ether oxygens (including phenoxy) is 3. The lowest BCUT2D eigenvalue weighted by Gasteiger charge is -2.30. The van der Waals surface area contributed by atoms with Gasteiger partial charge < -0.3 is 19.1 Å². The molecule has 0 unspecified atom stereocenters. The van der Waals surface area contributed by atoms with Gasteiger partial charge in [0.25, 0.3) is 0 Å². The SMILES string of the molecule is COc1cc(CN2C[C@H]3CCCC(=O)N(Cc4cccc(F)c4)[C@H]3C2)cc(OC)c1OC. The van der Waals surface area contributed by atoms with E-state index in [4.69, 9.17) is 14.2 Å². The number of rotatable bonds is 7. The Morgan fingerprint density at radius 2 is 1.72 bits per heavy atom. The molecule has 0 spiro atoms. The Kier molecular flexibility index (Phi) is 6.84. The number of fused-ring (bicyclic) bond motifs is 1. The second-order valence-electron chi connectivity index (χ2n) is 8.60. The van der Waals surface area contributed by atoms with Crippen LogP contribution in [0, 0.1) is 11.7 Å². The molecule has 172 valence electrons. The van der Waals surface area contributed by atoms with Crippen LogP contribution >= 0.6 is 0 Å². The first-order chi connectivity index (χ1) is 15.5. The topological polar surface area (TPSA) is 51.2 Å². The monoisotopic (exact) mass is 442 g/mol. The molecule has 2 fully saturated rings. The largest absolute Gasteiger partial charge is 0.493 e. The van der Waals surface area contributed by atoms with Crippen molar-refractivity contribution >= 4 is 5.91 Å². The van der Waals surface area contributed by atoms with Crippen molar-refractivity contribution < 1.29 is 23.4 Å². The van der Waals surface area contributed by atoms with E-state index in [0.717, 1.165) is 43.6 Å². The Bertz CT molecular complexity index is 942. The molecule has 1 amide bonds. The lowest BCUT2D eigenvalue weighted by atomic mass is 9.98. The molecule has 0 saturated carbocycles. The number of methoxy groups -OCH3 is 3. The van der Waals surface area contributed by atoms with E-state index in [1.807, 2.05) is 23.1 Å². The molecule has 2 aliphatic rings. The van der Waals surface area contributed by atoms with Crippen LogP contribution in [-0.4, -0.2) is 56.2 Å². The Labute approximate surface area is 188 Å². The first kappa shape index (κ1) is 22.4. The second-order valence-corrected chi connectivity index (χ2v) is 8.60. The van der Waals surface area contributed by atoms with E-state index in [9.17, 15) is 9.18 Å². The molecular weight excluding hydrogens is 411 g/mol. The van der Waals surface area contributed by atoms with Crippen molar-refractivity contribution in [3.05, 3.63) is 53.3 Å². The zero-order valence-electron chi connectivity index (χ0n) is 19.0. The van der Waals surface area contributed by atoms with E-state index in [0.29, 0.717) is 36.1 Å². The third-order valence-electron chi connectivity index (χ3n) is 6.54. The number of amides is 1. The summed E-state index contributed by atoms with van der Waals surface area (Å²) in [5, 5.41) is 0. The minimum Gasteiger partial charge on any atom is -0.493 e. The fourth-order valence-electron chi connectivity index (χ4n) is 5.07. The molecule has 32 heavy (non-hydrogen) atoms. The summed E-state index contributed by atoms with van der Waals surface area (Å²) in [6.07, 6.45) is 2.49. The van der Waals surface area contributed by atoms with Gasteiger partial charge in [-0.25, -0.2) is 4.39 Å². The lowest BCUT2D eigenvalue weighted by Crippen LogP contribution is -2.42. The fourth-order valence-corrected chi connectivity index (χ4v) is 5.07. The van der Waals surface area contributed by atoms with Crippen LogP contribution in [0.3, 0.4) is 0 Å². The normalized spacial score (nSPS) is 21.2. The molecule has 2 aromatic rings. The zero-order chi connectivity index (χ0) is 22.7. The van der Waals surface area contributed by atoms with Crippen LogP contribution in [0.15, 0.2) is 36.4 Å². The van der Waals surface area contributed by atoms with Gasteiger partial charge in [0.2, 0.25) is 11.7 Å². The molecule has 0 N–H and O–H groups in total. The van der Waals surface area contributed by atoms with Crippen molar-refractivity contribution in [2.75, 3.05) is 34.4 Å². The van der Waals surface area contributed by atoms with Gasteiger partial charge in [-0.05, 0) is 54.2 Å². The maximum atomic E-state index is 13.7. The quantitative estimate of drug-likeness (QED) is 0.652. The molecule has 0 bridgehead atoms. The number of nitrogens with zero attached hydrogens (tertiary/aromatic N) is 2. The summed E-state index contributed by atoms with van der Waals surface area (Å²) in [7, 11) is 4.83. The molecule has 0 aromatic heterocycles. The smallest absolute Gasteiger partial charge is 0.223 e. The molecule has 2 aromatic carbocycles. The van der Waals surface area contributed by atoms with Gasteiger partial charge in [-0.2, -0.15) is 0 Å². The van der Waals surface area contributed by atoms with Gasteiger partial charge in [0.05, 0.1) is 21.3 Å². The highest BCUT2D eigenvalue weighted by Gasteiger charge is 2.40. The highest BCUT2D eigenvalue weighted by molar-refractivity contribution is 5.77. The van der Waals surface area contributed by atoms with E-state index in [1.165, 1.54) is 12.1 Å². The van der Waals surface area contributed by atoms with Crippen molar-refractivity contribution in [1.29, 1.82) is 0 Å². The van der Waals surface area contributed by atoms with Crippen LogP contribution in [-0.2, 0) is 17.9 Å². The maximum Gasteiger partial charge on any atom is 0.223 e. The van der Waals surface area contributed by atoms with Crippen LogP contribution < -0.4 is 14.2 Å². The average molecular weight is 443 g/mol. The van der Waals surface area contributed by atoms with Crippen LogP contribution in [0.2, 0.25) is 0 Å². The van der Waals surface area contributed by atoms with Gasteiger partial charge in [0.15, 0.2) is 11.5 Å². The lowest BCUT2D eigenvalue weighted by molar-refractivity contribution is -0.133. The van der Waals surface area contributed by atoms with Gasteiger partial charge in [0.1, 0.15) is 5.82 Å². The molecule has 6 nitrogen and oxygen atoms in total. The Morgan fingerprint density at radius 3 is 2.38 bits per heavy atom. The van der Waals surface area contributed by atoms with Crippen molar-refractivity contribution in [2.45, 2.75) is 38.4 Å². The fraction of sp³-hybridized carbons (Fsp3) is 0.480. The van der Waals surface area contributed by atoms with E-state index in [1.54, 1.807) is 27.4 Å². The third-order valence-corrected chi connectivity index (χ3v) is 6.54. The van der Waals surface area contributed by atoms with E-state index >= 15 is 0 Å². The van der Waals surface area contributed by atoms with Gasteiger partial charge in [-0.3, -0.25) is 9.69 Å². The number of hydrogen-bond donors (Lipinski definition) is 0. The number of likely N-dealkylation sites (tertiary alicyclic amines) is 2. The van der Waals surface area contributed by atoms with Gasteiger partial charge in [-0.15, -0.1) is 0 Å². The van der Waals surface area contributed by atoms with Crippen LogP contribution in [0.4, 0.5) is 4.39 Å². The molecule has 2 atom stereocenters. The molecule has 7 heteroatoms. The molecular formula is C25H31FN2O4. The summed E-state index contributed by atoms with van der Waals surface area (Å²) in [5.41, 5.74) is 1.90. The second kappa shape index (κ2) is 9.77. The number of benzene rings is 2. The molecule has 2 saturated heterocycles. The number of carbonyl (C=O) groups is 1. The van der Waals surface area contributed by atoms with Crippen molar-refractivity contribution in [3.63, 3.8) is 0 Å². The summed E-state index contributed by atoms with van der Waals surface area (Å²) in [6.45, 7) is 2.90. The minimum atomic E-state index is -0.267. The minimum absolute atomic E-state index is 0.135. The molecule has 0 radical (unpaired) electrons. The van der Waals surface area contributed by atoms with Gasteiger partial charge in [-0.1, -0.05) is 12.1 Å². The van der Waals surface area contributed by atoms with E-state index < -0.39 is 0 Å². The predicted octanol–water partition coefficient (Wildman–Crippen LogP) is 3.86. The van der Waals surface area contributed by atoms with Crippen LogP contribution in [0.25, 0.3) is 0 Å². The molecule has 2 heterocycles. The highest BCUT2D eigenvalue weighted by Crippen LogP contribution is 2.39.